The predicted octanol–water partition coefficient (Wildman–Crippen LogP) is 2.69. The summed E-state index contributed by atoms with van der Waals surface area (Å²) in [6, 6.07) is 11.9. The van der Waals surface area contributed by atoms with Crippen molar-refractivity contribution >= 4 is 11.8 Å². The van der Waals surface area contributed by atoms with Gasteiger partial charge in [0, 0.05) is 31.1 Å². The van der Waals surface area contributed by atoms with Crippen molar-refractivity contribution in [2.75, 3.05) is 32.7 Å². The third kappa shape index (κ3) is 4.07. The number of hydrogen-bond donors (Lipinski definition) is 2. The Kier molecular flexibility index (Phi) is 5.81. The Bertz CT molecular complexity index is 907. The molecule has 0 radical (unpaired) electrons. The van der Waals surface area contributed by atoms with Gasteiger partial charge in [-0.1, -0.05) is 12.1 Å². The van der Waals surface area contributed by atoms with E-state index in [9.17, 15) is 18.4 Å². The lowest BCUT2D eigenvalue weighted by Gasteiger charge is -2.41. The molecule has 2 aliphatic heterocycles. The summed E-state index contributed by atoms with van der Waals surface area (Å²) in [5, 5.41) is 5.86. The summed E-state index contributed by atoms with van der Waals surface area (Å²) in [5.74, 6) is -0.742. The van der Waals surface area contributed by atoms with Crippen LogP contribution in [0.2, 0.25) is 0 Å². The van der Waals surface area contributed by atoms with Crippen LogP contribution in [0.4, 0.5) is 8.78 Å². The molecule has 158 valence electrons. The quantitative estimate of drug-likeness (QED) is 0.793. The summed E-state index contributed by atoms with van der Waals surface area (Å²) in [6.45, 7) is 3.27. The lowest BCUT2D eigenvalue weighted by molar-refractivity contribution is -0.130. The minimum atomic E-state index is -0.453. The molecule has 2 aromatic rings. The summed E-state index contributed by atoms with van der Waals surface area (Å²) in [6.07, 6.45) is 1.46. The molecular weight excluding hydrogens is 388 g/mol. The molecule has 7 heteroatoms. The Labute approximate surface area is 174 Å². The fourth-order valence-corrected chi connectivity index (χ4v) is 4.64. The maximum Gasteiger partial charge on any atom is 0.251 e. The molecule has 2 heterocycles. The van der Waals surface area contributed by atoms with E-state index >= 15 is 0 Å². The molecule has 0 aromatic heterocycles. The van der Waals surface area contributed by atoms with Gasteiger partial charge in [0.2, 0.25) is 5.91 Å². The molecule has 5 nitrogen and oxygen atoms in total. The number of rotatable bonds is 5. The highest BCUT2D eigenvalue weighted by Crippen LogP contribution is 2.47. The lowest BCUT2D eigenvalue weighted by atomic mass is 9.68. The second-order valence-electron chi connectivity index (χ2n) is 8.07. The highest BCUT2D eigenvalue weighted by molar-refractivity contribution is 5.94. The number of likely N-dealkylation sites (tertiary alicyclic amines) is 1. The number of carbonyl (C=O) groups excluding carboxylic acids is 2. The normalized spacial score (nSPS) is 20.9. The Morgan fingerprint density at radius 3 is 2.27 bits per heavy atom. The third-order valence-corrected chi connectivity index (χ3v) is 6.43. The molecule has 0 aliphatic carbocycles. The number of amides is 2. The summed E-state index contributed by atoms with van der Waals surface area (Å²) in [4.78, 5) is 27.1. The second kappa shape index (κ2) is 8.52. The molecule has 2 N–H and O–H groups in total. The summed E-state index contributed by atoms with van der Waals surface area (Å²) in [7, 11) is 0. The topological polar surface area (TPSA) is 61.4 Å². The van der Waals surface area contributed by atoms with Gasteiger partial charge in [-0.05, 0) is 67.9 Å². The number of carbonyl (C=O) groups is 2. The van der Waals surface area contributed by atoms with Crippen LogP contribution in [0.3, 0.4) is 0 Å². The van der Waals surface area contributed by atoms with Crippen molar-refractivity contribution in [1.82, 2.24) is 15.5 Å². The molecule has 2 amide bonds. The standard InChI is InChI=1S/C23H25F2N3O2/c24-18-5-1-16(2-6-18)20-15-27-22(30)23(20)9-12-28(13-10-23)14-11-26-21(29)17-3-7-19(25)8-4-17/h1-8,20H,9-15H2,(H,26,29)(H,27,30). The highest BCUT2D eigenvalue weighted by Gasteiger charge is 2.51. The van der Waals surface area contributed by atoms with Gasteiger partial charge < -0.3 is 15.5 Å². The van der Waals surface area contributed by atoms with Crippen molar-refractivity contribution in [3.8, 4) is 0 Å². The first-order chi connectivity index (χ1) is 14.5. The highest BCUT2D eigenvalue weighted by atomic mass is 19.1. The predicted molar refractivity (Wildman–Crippen MR) is 109 cm³/mol. The van der Waals surface area contributed by atoms with Crippen molar-refractivity contribution in [2.24, 2.45) is 5.41 Å². The Morgan fingerprint density at radius 2 is 1.63 bits per heavy atom. The van der Waals surface area contributed by atoms with Crippen LogP contribution in [0.15, 0.2) is 48.5 Å². The average Bonchev–Trinajstić information content (AvgIpc) is 3.06. The Balaban J connectivity index is 1.31. The first kappa shape index (κ1) is 20.5. The van der Waals surface area contributed by atoms with Gasteiger partial charge in [-0.25, -0.2) is 8.78 Å². The number of hydrogen-bond acceptors (Lipinski definition) is 3. The molecule has 2 aliphatic rings. The van der Waals surface area contributed by atoms with Gasteiger partial charge in [0.15, 0.2) is 0 Å². The van der Waals surface area contributed by atoms with Crippen LogP contribution < -0.4 is 10.6 Å². The van der Waals surface area contributed by atoms with Gasteiger partial charge in [0.05, 0.1) is 5.41 Å². The zero-order valence-corrected chi connectivity index (χ0v) is 16.7. The van der Waals surface area contributed by atoms with E-state index in [-0.39, 0.29) is 29.4 Å². The SMILES string of the molecule is O=C(NCCN1CCC2(CC1)C(=O)NCC2c1ccc(F)cc1)c1ccc(F)cc1. The average molecular weight is 413 g/mol. The van der Waals surface area contributed by atoms with Crippen LogP contribution in [0.5, 0.6) is 0 Å². The van der Waals surface area contributed by atoms with Crippen molar-refractivity contribution in [3.05, 3.63) is 71.3 Å². The van der Waals surface area contributed by atoms with Gasteiger partial charge in [-0.15, -0.1) is 0 Å². The molecule has 4 rings (SSSR count). The largest absolute Gasteiger partial charge is 0.355 e. The van der Waals surface area contributed by atoms with E-state index in [2.05, 4.69) is 15.5 Å². The molecule has 2 fully saturated rings. The van der Waals surface area contributed by atoms with Gasteiger partial charge in [-0.3, -0.25) is 9.59 Å². The van der Waals surface area contributed by atoms with E-state index in [4.69, 9.17) is 0 Å². The molecule has 0 saturated carbocycles. The summed E-state index contributed by atoms with van der Waals surface area (Å²) >= 11 is 0. The van der Waals surface area contributed by atoms with Gasteiger partial charge in [-0.2, -0.15) is 0 Å². The summed E-state index contributed by atoms with van der Waals surface area (Å²) < 4.78 is 26.3. The smallest absolute Gasteiger partial charge is 0.251 e. The molecule has 2 aromatic carbocycles. The lowest BCUT2D eigenvalue weighted by Crippen LogP contribution is -2.47. The van der Waals surface area contributed by atoms with Gasteiger partial charge in [0.1, 0.15) is 11.6 Å². The van der Waals surface area contributed by atoms with Crippen LogP contribution in [0.25, 0.3) is 0 Å². The van der Waals surface area contributed by atoms with Crippen LogP contribution in [0.1, 0.15) is 34.7 Å². The van der Waals surface area contributed by atoms with Gasteiger partial charge >= 0.3 is 0 Å². The molecule has 1 atom stereocenters. The number of nitrogens with one attached hydrogen (secondary N) is 2. The van der Waals surface area contributed by atoms with E-state index in [1.807, 2.05) is 0 Å². The third-order valence-electron chi connectivity index (χ3n) is 6.43. The summed E-state index contributed by atoms with van der Waals surface area (Å²) in [5.41, 5.74) is 0.972. The minimum Gasteiger partial charge on any atom is -0.355 e. The van der Waals surface area contributed by atoms with E-state index in [0.717, 1.165) is 31.5 Å². The van der Waals surface area contributed by atoms with Gasteiger partial charge in [0.25, 0.3) is 5.91 Å². The van der Waals surface area contributed by atoms with Crippen molar-refractivity contribution < 1.29 is 18.4 Å². The number of halogens is 2. The second-order valence-corrected chi connectivity index (χ2v) is 8.07. The van der Waals surface area contributed by atoms with Crippen LogP contribution in [0, 0.1) is 17.0 Å². The molecular formula is C23H25F2N3O2. The monoisotopic (exact) mass is 413 g/mol. The maximum atomic E-state index is 13.3. The molecule has 30 heavy (non-hydrogen) atoms. The van der Waals surface area contributed by atoms with Crippen molar-refractivity contribution in [3.63, 3.8) is 0 Å². The maximum absolute atomic E-state index is 13.3. The van der Waals surface area contributed by atoms with Crippen LogP contribution in [-0.4, -0.2) is 49.4 Å². The van der Waals surface area contributed by atoms with Crippen molar-refractivity contribution in [1.29, 1.82) is 0 Å². The number of nitrogens with zero attached hydrogens (tertiary/aromatic N) is 1. The van der Waals surface area contributed by atoms with E-state index in [1.165, 1.54) is 36.4 Å². The molecule has 1 unspecified atom stereocenters. The first-order valence-electron chi connectivity index (χ1n) is 10.3. The zero-order chi connectivity index (χ0) is 21.1. The van der Waals surface area contributed by atoms with E-state index in [0.29, 0.717) is 25.2 Å². The first-order valence-corrected chi connectivity index (χ1v) is 10.3. The fraction of sp³-hybridized carbons (Fsp3) is 0.391. The van der Waals surface area contributed by atoms with Crippen molar-refractivity contribution in [2.45, 2.75) is 18.8 Å². The molecule has 1 spiro atoms. The Hall–Kier alpha value is -2.80. The van der Waals surface area contributed by atoms with Crippen LogP contribution in [-0.2, 0) is 4.79 Å². The molecule has 0 bridgehead atoms. The zero-order valence-electron chi connectivity index (χ0n) is 16.7. The van der Waals surface area contributed by atoms with E-state index in [1.54, 1.807) is 12.1 Å². The van der Waals surface area contributed by atoms with Crippen LogP contribution >= 0.6 is 0 Å². The number of benzene rings is 2. The minimum absolute atomic E-state index is 0.0472. The fourth-order valence-electron chi connectivity index (χ4n) is 4.64. The van der Waals surface area contributed by atoms with E-state index < -0.39 is 5.41 Å². The Morgan fingerprint density at radius 1 is 1.03 bits per heavy atom. The number of piperidine rings is 1. The molecule has 2 saturated heterocycles.